The molecule has 1 aromatic carbocycles. The fraction of sp³-hybridized carbons (Fsp3) is 0.333. The van der Waals surface area contributed by atoms with E-state index in [1.807, 2.05) is 35.8 Å². The highest BCUT2D eigenvalue weighted by atomic mass is 35.5. The molecule has 0 bridgehead atoms. The van der Waals surface area contributed by atoms with Gasteiger partial charge < -0.3 is 5.32 Å². The van der Waals surface area contributed by atoms with Crippen molar-refractivity contribution in [2.75, 3.05) is 13.1 Å². The number of aryl methyl sites for hydroxylation is 2. The Balaban J connectivity index is 1.82. The van der Waals surface area contributed by atoms with E-state index >= 15 is 0 Å². The number of amides is 1. The Morgan fingerprint density at radius 1 is 1.28 bits per heavy atom. The molecule has 0 saturated heterocycles. The number of carbonyl (C=O) groups is 1. The molecule has 11 heteroatoms. The summed E-state index contributed by atoms with van der Waals surface area (Å²) in [4.78, 5) is 21.6. The topological polar surface area (TPSA) is 121 Å². The van der Waals surface area contributed by atoms with Gasteiger partial charge >= 0.3 is 0 Å². The Bertz CT molecular complexity index is 1250. The molecule has 2 aromatic heterocycles. The first-order chi connectivity index (χ1) is 15.4. The first kappa shape index (κ1) is 22.0. The summed E-state index contributed by atoms with van der Waals surface area (Å²) >= 11 is 7.78. The molecule has 1 atom stereocenters. The Morgan fingerprint density at radius 2 is 2.03 bits per heavy atom. The summed E-state index contributed by atoms with van der Waals surface area (Å²) in [7, 11) is 0. The van der Waals surface area contributed by atoms with Gasteiger partial charge in [-0.05, 0) is 44.0 Å². The zero-order valence-corrected chi connectivity index (χ0v) is 19.4. The number of thiophene rings is 1. The minimum absolute atomic E-state index is 0.0957. The van der Waals surface area contributed by atoms with Crippen molar-refractivity contribution in [3.8, 4) is 5.00 Å². The molecule has 0 fully saturated rings. The molecule has 1 aliphatic rings. The highest BCUT2D eigenvalue weighted by Gasteiger charge is 2.32. The second-order valence-electron chi connectivity index (χ2n) is 7.41. The van der Waals surface area contributed by atoms with Gasteiger partial charge in [0, 0.05) is 39.0 Å². The molecule has 0 aliphatic carbocycles. The van der Waals surface area contributed by atoms with Crippen LogP contribution in [-0.4, -0.2) is 39.5 Å². The summed E-state index contributed by atoms with van der Waals surface area (Å²) in [5.74, 6) is 1.16. The Morgan fingerprint density at radius 3 is 2.75 bits per heavy atom. The highest BCUT2D eigenvalue weighted by molar-refractivity contribution is 7.15. The molecule has 0 saturated carbocycles. The number of rotatable bonds is 6. The third-order valence-electron chi connectivity index (χ3n) is 5.33. The van der Waals surface area contributed by atoms with Gasteiger partial charge in [0.1, 0.15) is 16.9 Å². The maximum atomic E-state index is 12.6. The molecule has 0 unspecified atom stereocenters. The third-order valence-corrected chi connectivity index (χ3v) is 6.78. The molecule has 3 heterocycles. The van der Waals surface area contributed by atoms with Crippen molar-refractivity contribution >= 4 is 34.6 Å². The maximum Gasteiger partial charge on any atom is 0.222 e. The summed E-state index contributed by atoms with van der Waals surface area (Å²) in [6.07, 6.45) is 0.0957. The van der Waals surface area contributed by atoms with Gasteiger partial charge in [0.2, 0.25) is 5.91 Å². The second kappa shape index (κ2) is 9.12. The van der Waals surface area contributed by atoms with E-state index in [-0.39, 0.29) is 25.4 Å². The number of aliphatic imine (C=N–C) groups is 1. The number of benzene rings is 1. The van der Waals surface area contributed by atoms with Crippen LogP contribution >= 0.6 is 22.9 Å². The van der Waals surface area contributed by atoms with Crippen LogP contribution in [0.3, 0.4) is 0 Å². The van der Waals surface area contributed by atoms with Crippen molar-refractivity contribution in [1.82, 2.24) is 20.1 Å². The predicted molar refractivity (Wildman–Crippen MR) is 125 cm³/mol. The number of nitrogens with one attached hydrogen (secondary N) is 1. The lowest BCUT2D eigenvalue weighted by Gasteiger charge is -2.13. The van der Waals surface area contributed by atoms with Crippen molar-refractivity contribution in [3.63, 3.8) is 0 Å². The van der Waals surface area contributed by atoms with Crippen LogP contribution in [0.4, 0.5) is 0 Å². The minimum Gasteiger partial charge on any atom is -0.356 e. The van der Waals surface area contributed by atoms with Gasteiger partial charge in [0.05, 0.1) is 12.1 Å². The molecule has 0 spiro atoms. The SMILES string of the molecule is Cc1sc2c(c1C)C(c1ccc(Cl)cc1)=N[C@@H](CC(=O)NCCN=[N+]=[N-])c1nnc(C)n1-2. The van der Waals surface area contributed by atoms with Gasteiger partial charge in [-0.2, -0.15) is 0 Å². The monoisotopic (exact) mass is 468 g/mol. The normalized spacial score (nSPS) is 14.6. The summed E-state index contributed by atoms with van der Waals surface area (Å²) in [6, 6.07) is 7.02. The Hall–Kier alpha value is -3.20. The van der Waals surface area contributed by atoms with E-state index < -0.39 is 6.04 Å². The summed E-state index contributed by atoms with van der Waals surface area (Å²) < 4.78 is 2.00. The molecule has 4 rings (SSSR count). The molecule has 0 radical (unpaired) electrons. The number of nitrogens with zero attached hydrogens (tertiary/aromatic N) is 7. The number of hydrogen-bond acceptors (Lipinski definition) is 6. The Kier molecular flexibility index (Phi) is 6.27. The van der Waals surface area contributed by atoms with E-state index in [0.29, 0.717) is 10.8 Å². The van der Waals surface area contributed by atoms with E-state index in [0.717, 1.165) is 33.2 Å². The van der Waals surface area contributed by atoms with Crippen molar-refractivity contribution < 1.29 is 4.79 Å². The predicted octanol–water partition coefficient (Wildman–Crippen LogP) is 4.62. The van der Waals surface area contributed by atoms with E-state index in [4.69, 9.17) is 22.1 Å². The fourth-order valence-electron chi connectivity index (χ4n) is 3.67. The Labute approximate surface area is 193 Å². The number of azide groups is 1. The molecule has 9 nitrogen and oxygen atoms in total. The van der Waals surface area contributed by atoms with Crippen LogP contribution in [0.1, 0.15) is 45.7 Å². The molecule has 1 amide bonds. The lowest BCUT2D eigenvalue weighted by molar-refractivity contribution is -0.121. The highest BCUT2D eigenvalue weighted by Crippen LogP contribution is 2.39. The molecular formula is C21H21ClN8OS. The quantitative estimate of drug-likeness (QED) is 0.246. The number of carbonyl (C=O) groups excluding carboxylic acids is 1. The van der Waals surface area contributed by atoms with E-state index in [2.05, 4.69) is 39.4 Å². The largest absolute Gasteiger partial charge is 0.356 e. The zero-order chi connectivity index (χ0) is 22.8. The molecule has 1 aliphatic heterocycles. The summed E-state index contributed by atoms with van der Waals surface area (Å²) in [6.45, 7) is 6.52. The van der Waals surface area contributed by atoms with Crippen molar-refractivity contribution in [2.45, 2.75) is 33.2 Å². The van der Waals surface area contributed by atoms with Crippen LogP contribution in [0.15, 0.2) is 34.4 Å². The average Bonchev–Trinajstić information content (AvgIpc) is 3.24. The first-order valence-electron chi connectivity index (χ1n) is 10.0. The molecular weight excluding hydrogens is 448 g/mol. The van der Waals surface area contributed by atoms with Gasteiger partial charge in [-0.3, -0.25) is 14.4 Å². The van der Waals surface area contributed by atoms with Gasteiger partial charge in [-0.15, -0.1) is 21.5 Å². The van der Waals surface area contributed by atoms with Crippen molar-refractivity contribution in [1.29, 1.82) is 0 Å². The number of halogens is 1. The fourth-order valence-corrected chi connectivity index (χ4v) is 5.01. The van der Waals surface area contributed by atoms with Gasteiger partial charge in [0.15, 0.2) is 5.82 Å². The second-order valence-corrected chi connectivity index (χ2v) is 9.05. The van der Waals surface area contributed by atoms with Gasteiger partial charge in [-0.25, -0.2) is 0 Å². The van der Waals surface area contributed by atoms with Crippen LogP contribution in [-0.2, 0) is 4.79 Å². The summed E-state index contributed by atoms with van der Waals surface area (Å²) in [5.41, 5.74) is 12.3. The molecule has 164 valence electrons. The lowest BCUT2D eigenvalue weighted by Crippen LogP contribution is -2.27. The average molecular weight is 469 g/mol. The summed E-state index contributed by atoms with van der Waals surface area (Å²) in [5, 5.41) is 16.5. The van der Waals surface area contributed by atoms with Crippen LogP contribution in [0.25, 0.3) is 15.4 Å². The maximum absolute atomic E-state index is 12.6. The molecule has 3 aromatic rings. The molecule has 32 heavy (non-hydrogen) atoms. The third kappa shape index (κ3) is 4.12. The number of aromatic nitrogens is 3. The number of hydrogen-bond donors (Lipinski definition) is 1. The van der Waals surface area contributed by atoms with Crippen LogP contribution in [0.5, 0.6) is 0 Å². The van der Waals surface area contributed by atoms with Gasteiger partial charge in [-0.1, -0.05) is 28.8 Å². The molecule has 1 N–H and O–H groups in total. The van der Waals surface area contributed by atoms with E-state index in [1.165, 1.54) is 4.88 Å². The zero-order valence-electron chi connectivity index (χ0n) is 17.8. The van der Waals surface area contributed by atoms with Crippen LogP contribution in [0, 0.1) is 20.8 Å². The van der Waals surface area contributed by atoms with Crippen LogP contribution in [0.2, 0.25) is 5.02 Å². The lowest BCUT2D eigenvalue weighted by atomic mass is 9.99. The standard InChI is InChI=1S/C21H21ClN8OS/c1-11-12(2)32-21-18(11)19(14-4-6-15(22)7-5-14)26-16(20-28-27-13(3)30(20)21)10-17(31)24-8-9-25-29-23/h4-7,16H,8-10H2,1-3H3,(H,24,31)/t16-/m0/s1. The van der Waals surface area contributed by atoms with E-state index in [1.54, 1.807) is 11.3 Å². The smallest absolute Gasteiger partial charge is 0.222 e. The van der Waals surface area contributed by atoms with Crippen molar-refractivity contribution in [2.24, 2.45) is 10.1 Å². The van der Waals surface area contributed by atoms with E-state index in [9.17, 15) is 4.79 Å². The van der Waals surface area contributed by atoms with Gasteiger partial charge in [0.25, 0.3) is 0 Å². The first-order valence-corrected chi connectivity index (χ1v) is 11.2. The van der Waals surface area contributed by atoms with Crippen LogP contribution < -0.4 is 5.32 Å². The number of fused-ring (bicyclic) bond motifs is 3. The minimum atomic E-state index is -0.527. The van der Waals surface area contributed by atoms with Crippen molar-refractivity contribution in [3.05, 3.63) is 72.9 Å².